The zero-order valence-corrected chi connectivity index (χ0v) is 31.8. The highest BCUT2D eigenvalue weighted by atomic mass is 31.2. The number of quaternary nitrogens is 1. The zero-order valence-electron chi connectivity index (χ0n) is 30.9. The van der Waals surface area contributed by atoms with Crippen molar-refractivity contribution in [1.82, 2.24) is 0 Å². The van der Waals surface area contributed by atoms with Crippen LogP contribution in [0.5, 0.6) is 0 Å². The lowest BCUT2D eigenvalue weighted by Crippen LogP contribution is -2.37. The van der Waals surface area contributed by atoms with Gasteiger partial charge in [-0.1, -0.05) is 129 Å². The van der Waals surface area contributed by atoms with E-state index >= 15 is 0 Å². The van der Waals surface area contributed by atoms with Gasteiger partial charge in [-0.15, -0.1) is 0 Å². The summed E-state index contributed by atoms with van der Waals surface area (Å²) in [6.45, 7) is 2.92. The molecular weight excluding hydrogens is 619 g/mol. The fraction of sp³-hybridized carbons (Fsp3) is 0.944. The van der Waals surface area contributed by atoms with Gasteiger partial charge in [0.05, 0.1) is 27.7 Å². The molecule has 10 nitrogen and oxygen atoms in total. The van der Waals surface area contributed by atoms with Crippen molar-refractivity contribution in [2.24, 2.45) is 5.73 Å². The molecule has 0 spiro atoms. The summed E-state index contributed by atoms with van der Waals surface area (Å²) in [5, 5.41) is 0. The van der Waals surface area contributed by atoms with Gasteiger partial charge in [-0.2, -0.15) is 0 Å². The monoisotopic (exact) mass is 694 g/mol. The van der Waals surface area contributed by atoms with Crippen molar-refractivity contribution in [3.8, 4) is 0 Å². The van der Waals surface area contributed by atoms with Gasteiger partial charge in [-0.25, -0.2) is 4.57 Å². The minimum atomic E-state index is -4.36. The topological polar surface area (TPSA) is 134 Å². The third-order valence-corrected chi connectivity index (χ3v) is 9.22. The highest BCUT2D eigenvalue weighted by Gasteiger charge is 2.27. The zero-order chi connectivity index (χ0) is 35.1. The van der Waals surface area contributed by atoms with E-state index in [-0.39, 0.29) is 25.6 Å². The number of nitrogens with two attached hydrogens (primary N) is 1. The lowest BCUT2D eigenvalue weighted by molar-refractivity contribution is -0.870. The molecule has 0 aromatic heterocycles. The van der Waals surface area contributed by atoms with Crippen molar-refractivity contribution in [2.75, 3.05) is 54.1 Å². The van der Waals surface area contributed by atoms with Crippen molar-refractivity contribution in [3.63, 3.8) is 0 Å². The second-order valence-corrected chi connectivity index (χ2v) is 15.6. The number of esters is 2. The summed E-state index contributed by atoms with van der Waals surface area (Å²) in [6, 6.07) is 0. The number of phosphoric ester groups is 1. The SMILES string of the molecule is CCCCCCCCCCCCCCCC(=O)OC[C@H](COP(=O)(O)OCC[N+](C)(C)C)OC(=O)CCCCCCCCCCCN. The number of carbonyl (C=O) groups is 2. The Hall–Kier alpha value is -1.03. The molecule has 0 aromatic rings. The first kappa shape index (κ1) is 46.0. The third-order valence-electron chi connectivity index (χ3n) is 8.24. The molecular formula is C36H74N2O8P+. The van der Waals surface area contributed by atoms with Gasteiger partial charge < -0.3 is 24.6 Å². The Kier molecular flexibility index (Phi) is 30.3. The predicted molar refractivity (Wildman–Crippen MR) is 191 cm³/mol. The number of hydrogen-bond acceptors (Lipinski definition) is 8. The summed E-state index contributed by atoms with van der Waals surface area (Å²) >= 11 is 0. The van der Waals surface area contributed by atoms with Crippen LogP contribution in [-0.4, -0.2) is 81.5 Å². The molecule has 0 amide bonds. The first-order valence-electron chi connectivity index (χ1n) is 19.0. The molecule has 0 radical (unpaired) electrons. The van der Waals surface area contributed by atoms with Crippen LogP contribution in [0.15, 0.2) is 0 Å². The van der Waals surface area contributed by atoms with Crippen molar-refractivity contribution in [2.45, 2.75) is 167 Å². The second kappa shape index (κ2) is 31.0. The molecule has 0 aliphatic carbocycles. The standard InChI is InChI=1S/C36H73N2O8P/c1-5-6-7-8-9-10-11-12-13-15-18-21-24-27-35(39)43-32-34(33-45-47(41,42)44-31-30-38(2,3)4)46-36(40)28-25-22-19-16-14-17-20-23-26-29-37/h34H,5-33,37H2,1-4H3/p+1/t34-/m1/s1. The molecule has 0 saturated heterocycles. The van der Waals surface area contributed by atoms with Crippen molar-refractivity contribution in [3.05, 3.63) is 0 Å². The molecule has 0 fully saturated rings. The van der Waals surface area contributed by atoms with E-state index in [1.54, 1.807) is 0 Å². The summed E-state index contributed by atoms with van der Waals surface area (Å²) < 4.78 is 34.1. The Balaban J connectivity index is 4.40. The lowest BCUT2D eigenvalue weighted by atomic mass is 10.0. The number of phosphoric acid groups is 1. The number of unbranched alkanes of at least 4 members (excludes halogenated alkanes) is 20. The number of carbonyl (C=O) groups excluding carboxylic acids is 2. The number of nitrogens with zero attached hydrogens (tertiary/aromatic N) is 1. The number of hydrogen-bond donors (Lipinski definition) is 2. The summed E-state index contributed by atoms with van der Waals surface area (Å²) in [7, 11) is 1.47. The maximum Gasteiger partial charge on any atom is 0.472 e. The summed E-state index contributed by atoms with van der Waals surface area (Å²) in [5.41, 5.74) is 5.53. The molecule has 47 heavy (non-hydrogen) atoms. The molecule has 2 atom stereocenters. The van der Waals surface area contributed by atoms with E-state index in [9.17, 15) is 19.0 Å². The first-order chi connectivity index (χ1) is 22.5. The highest BCUT2D eigenvalue weighted by Crippen LogP contribution is 2.43. The molecule has 0 aliphatic heterocycles. The van der Waals surface area contributed by atoms with Gasteiger partial charge in [0.2, 0.25) is 0 Å². The van der Waals surface area contributed by atoms with Crippen LogP contribution in [0.4, 0.5) is 0 Å². The van der Waals surface area contributed by atoms with E-state index in [2.05, 4.69) is 6.92 Å². The smallest absolute Gasteiger partial charge is 0.462 e. The quantitative estimate of drug-likeness (QED) is 0.0290. The molecule has 0 heterocycles. The molecule has 1 unspecified atom stereocenters. The molecule has 0 saturated carbocycles. The van der Waals surface area contributed by atoms with Gasteiger partial charge in [0.1, 0.15) is 19.8 Å². The van der Waals surface area contributed by atoms with Crippen LogP contribution in [0.2, 0.25) is 0 Å². The molecule has 0 bridgehead atoms. The summed E-state index contributed by atoms with van der Waals surface area (Å²) in [4.78, 5) is 35.1. The van der Waals surface area contributed by atoms with Crippen LogP contribution < -0.4 is 5.73 Å². The van der Waals surface area contributed by atoms with Crippen LogP contribution >= 0.6 is 7.82 Å². The van der Waals surface area contributed by atoms with E-state index in [0.29, 0.717) is 23.9 Å². The molecule has 0 rings (SSSR count). The van der Waals surface area contributed by atoms with Crippen LogP contribution in [-0.2, 0) is 32.7 Å². The van der Waals surface area contributed by atoms with Crippen LogP contribution in [0.25, 0.3) is 0 Å². The Labute approximate surface area is 288 Å². The van der Waals surface area contributed by atoms with Gasteiger partial charge in [0.25, 0.3) is 0 Å². The van der Waals surface area contributed by atoms with Crippen LogP contribution in [0.1, 0.15) is 161 Å². The number of likely N-dealkylation sites (N-methyl/N-ethyl adjacent to an activating group) is 1. The summed E-state index contributed by atoms with van der Waals surface area (Å²) in [5.74, 6) is -0.810. The molecule has 0 aliphatic rings. The van der Waals surface area contributed by atoms with E-state index in [1.807, 2.05) is 21.1 Å². The fourth-order valence-corrected chi connectivity index (χ4v) is 5.94. The lowest BCUT2D eigenvalue weighted by Gasteiger charge is -2.24. The minimum absolute atomic E-state index is 0.0313. The van der Waals surface area contributed by atoms with Gasteiger partial charge in [0, 0.05) is 12.8 Å². The average Bonchev–Trinajstić information content (AvgIpc) is 3.01. The minimum Gasteiger partial charge on any atom is -0.462 e. The Morgan fingerprint density at radius 3 is 1.51 bits per heavy atom. The molecule has 11 heteroatoms. The fourth-order valence-electron chi connectivity index (χ4n) is 5.20. The van der Waals surface area contributed by atoms with Gasteiger partial charge in [-0.3, -0.25) is 18.6 Å². The maximum absolute atomic E-state index is 12.6. The van der Waals surface area contributed by atoms with Crippen molar-refractivity contribution in [1.29, 1.82) is 0 Å². The van der Waals surface area contributed by atoms with E-state index in [0.717, 1.165) is 51.5 Å². The van der Waals surface area contributed by atoms with Crippen LogP contribution in [0.3, 0.4) is 0 Å². The Morgan fingerprint density at radius 1 is 0.638 bits per heavy atom. The Bertz CT molecular complexity index is 793. The molecule has 280 valence electrons. The van der Waals surface area contributed by atoms with Gasteiger partial charge in [0.15, 0.2) is 6.10 Å². The van der Waals surface area contributed by atoms with E-state index in [4.69, 9.17) is 24.3 Å². The second-order valence-electron chi connectivity index (χ2n) is 14.1. The molecule has 0 aromatic carbocycles. The van der Waals surface area contributed by atoms with Crippen LogP contribution in [0, 0.1) is 0 Å². The van der Waals surface area contributed by atoms with E-state index in [1.165, 1.54) is 89.9 Å². The highest BCUT2D eigenvalue weighted by molar-refractivity contribution is 7.47. The van der Waals surface area contributed by atoms with Gasteiger partial charge in [-0.05, 0) is 25.8 Å². The maximum atomic E-state index is 12.6. The first-order valence-corrected chi connectivity index (χ1v) is 20.5. The third kappa shape index (κ3) is 34.6. The molecule has 3 N–H and O–H groups in total. The van der Waals surface area contributed by atoms with E-state index < -0.39 is 26.5 Å². The predicted octanol–water partition coefficient (Wildman–Crippen LogP) is 8.62. The number of ether oxygens (including phenoxy) is 2. The number of rotatable bonds is 35. The normalized spacial score (nSPS) is 13.7. The summed E-state index contributed by atoms with van der Waals surface area (Å²) in [6.07, 6.45) is 25.2. The van der Waals surface area contributed by atoms with Crippen molar-refractivity contribution < 1.29 is 42.1 Å². The average molecular weight is 694 g/mol. The largest absolute Gasteiger partial charge is 0.472 e. The van der Waals surface area contributed by atoms with Gasteiger partial charge >= 0.3 is 19.8 Å². The Morgan fingerprint density at radius 2 is 1.06 bits per heavy atom. The van der Waals surface area contributed by atoms with Crippen molar-refractivity contribution >= 4 is 19.8 Å².